The van der Waals surface area contributed by atoms with Crippen molar-refractivity contribution in [3.8, 4) is 17.6 Å². The zero-order valence-corrected chi connectivity index (χ0v) is 23.5. The predicted molar refractivity (Wildman–Crippen MR) is 153 cm³/mol. The highest BCUT2D eigenvalue weighted by Gasteiger charge is 2.41. The van der Waals surface area contributed by atoms with E-state index in [0.29, 0.717) is 35.6 Å². The Labute approximate surface area is 242 Å². The molecule has 2 N–H and O–H groups in total. The summed E-state index contributed by atoms with van der Waals surface area (Å²) < 4.78 is 52.0. The van der Waals surface area contributed by atoms with Crippen LogP contribution in [-0.2, 0) is 17.6 Å². The number of benzene rings is 3. The Morgan fingerprint density at radius 2 is 1.76 bits per heavy atom. The van der Waals surface area contributed by atoms with Gasteiger partial charge in [0.1, 0.15) is 23.9 Å². The number of alkyl halides is 3. The number of rotatable bonds is 6. The molecule has 0 radical (unpaired) electrons. The maximum absolute atomic E-state index is 13.6. The highest BCUT2D eigenvalue weighted by molar-refractivity contribution is 6.01. The van der Waals surface area contributed by atoms with Gasteiger partial charge in [0.05, 0.1) is 30.2 Å². The van der Waals surface area contributed by atoms with E-state index in [1.54, 1.807) is 19.2 Å². The molecule has 0 saturated heterocycles. The first-order chi connectivity index (χ1) is 20.0. The van der Waals surface area contributed by atoms with Crippen molar-refractivity contribution in [3.05, 3.63) is 111 Å². The lowest BCUT2D eigenvalue weighted by Crippen LogP contribution is -2.39. The summed E-state index contributed by atoms with van der Waals surface area (Å²) in [4.78, 5) is 15.0. The third-order valence-corrected chi connectivity index (χ3v) is 7.81. The Hall–Kier alpha value is -4.71. The van der Waals surface area contributed by atoms with E-state index in [1.807, 2.05) is 38.1 Å². The number of ether oxygens (including phenoxy) is 2. The first-order valence-electron chi connectivity index (χ1n) is 13.5. The lowest BCUT2D eigenvalue weighted by molar-refractivity contribution is -0.137. The molecule has 1 unspecified atom stereocenters. The van der Waals surface area contributed by atoms with Gasteiger partial charge in [0.2, 0.25) is 0 Å². The van der Waals surface area contributed by atoms with Crippen molar-refractivity contribution in [1.82, 2.24) is 0 Å². The molecule has 5 rings (SSSR count). The molecule has 0 saturated carbocycles. The Morgan fingerprint density at radius 3 is 2.43 bits per heavy atom. The fourth-order valence-corrected chi connectivity index (χ4v) is 5.76. The number of carbonyl (C=O) groups excluding carboxylic acids is 1. The molecular formula is C33H30F3N3O3. The van der Waals surface area contributed by atoms with Gasteiger partial charge in [-0.2, -0.15) is 18.4 Å². The van der Waals surface area contributed by atoms with Crippen LogP contribution in [0.15, 0.2) is 83.3 Å². The van der Waals surface area contributed by atoms with E-state index in [2.05, 4.69) is 6.07 Å². The molecular weight excluding hydrogens is 543 g/mol. The molecule has 1 heterocycles. The van der Waals surface area contributed by atoms with Crippen LogP contribution in [0.3, 0.4) is 0 Å². The third-order valence-electron chi connectivity index (χ3n) is 7.81. The number of aryl methyl sites for hydroxylation is 1. The topological polar surface area (TPSA) is 88.6 Å². The fourth-order valence-electron chi connectivity index (χ4n) is 5.76. The number of ketones is 1. The van der Waals surface area contributed by atoms with Crippen LogP contribution in [0.25, 0.3) is 0 Å². The number of nitrogens with two attached hydrogens (primary N) is 1. The Bertz CT molecular complexity index is 1650. The molecule has 3 aromatic carbocycles. The number of nitrogens with zero attached hydrogens (tertiary/aromatic N) is 2. The van der Waals surface area contributed by atoms with Crippen LogP contribution >= 0.6 is 0 Å². The number of methoxy groups -OCH3 is 1. The number of carbonyl (C=O) groups is 1. The van der Waals surface area contributed by atoms with Gasteiger partial charge in [-0.1, -0.05) is 23.8 Å². The van der Waals surface area contributed by atoms with Gasteiger partial charge in [0, 0.05) is 23.4 Å². The minimum absolute atomic E-state index is 0.0206. The van der Waals surface area contributed by atoms with E-state index in [9.17, 15) is 23.2 Å². The quantitative estimate of drug-likeness (QED) is 0.335. The van der Waals surface area contributed by atoms with Gasteiger partial charge in [0.15, 0.2) is 5.78 Å². The number of hydrogen-bond acceptors (Lipinski definition) is 6. The molecule has 9 heteroatoms. The molecule has 2 aliphatic rings. The fraction of sp³-hybridized carbons (Fsp3) is 0.273. The van der Waals surface area contributed by atoms with E-state index in [1.165, 1.54) is 17.0 Å². The monoisotopic (exact) mass is 573 g/mol. The number of Topliss-reactive ketones (excluding diaryl/α,β-unsaturated/α-hetero) is 1. The molecule has 6 nitrogen and oxygen atoms in total. The lowest BCUT2D eigenvalue weighted by atomic mass is 9.73. The number of hydrogen-bond donors (Lipinski definition) is 1. The first kappa shape index (κ1) is 28.8. The summed E-state index contributed by atoms with van der Waals surface area (Å²) in [6.07, 6.45) is -3.32. The molecule has 0 bridgehead atoms. The Morgan fingerprint density at radius 1 is 1.05 bits per heavy atom. The predicted octanol–water partition coefficient (Wildman–Crippen LogP) is 7.21. The van der Waals surface area contributed by atoms with Crippen LogP contribution in [0.4, 0.5) is 18.9 Å². The van der Waals surface area contributed by atoms with E-state index < -0.39 is 17.7 Å². The second-order valence-electron chi connectivity index (χ2n) is 10.5. The average molecular weight is 574 g/mol. The second kappa shape index (κ2) is 11.3. The maximum Gasteiger partial charge on any atom is 0.416 e. The summed E-state index contributed by atoms with van der Waals surface area (Å²) >= 11 is 0. The smallest absolute Gasteiger partial charge is 0.416 e. The van der Waals surface area contributed by atoms with Gasteiger partial charge in [-0.3, -0.25) is 9.69 Å². The van der Waals surface area contributed by atoms with Crippen LogP contribution in [0, 0.1) is 25.2 Å². The third kappa shape index (κ3) is 5.32. The molecule has 1 aliphatic carbocycles. The summed E-state index contributed by atoms with van der Waals surface area (Å²) in [5.74, 6) is 0.492. The van der Waals surface area contributed by atoms with Crippen molar-refractivity contribution < 1.29 is 27.4 Å². The van der Waals surface area contributed by atoms with Crippen LogP contribution in [0.5, 0.6) is 11.5 Å². The van der Waals surface area contributed by atoms with Crippen molar-refractivity contribution in [1.29, 1.82) is 5.26 Å². The second-order valence-corrected chi connectivity index (χ2v) is 10.5. The Kier molecular flexibility index (Phi) is 7.74. The molecule has 1 aliphatic heterocycles. The lowest BCUT2D eigenvalue weighted by Gasteiger charge is -2.40. The highest BCUT2D eigenvalue weighted by Crippen LogP contribution is 2.48. The normalized spacial score (nSPS) is 17.2. The zero-order valence-electron chi connectivity index (χ0n) is 23.5. The molecule has 3 aromatic rings. The van der Waals surface area contributed by atoms with Gasteiger partial charge in [-0.15, -0.1) is 0 Å². The SMILES string of the molecule is COc1ccc(OCc2cc(C)cc(C3C(C#N)=C(N)N(c4cccc(C(F)(F)F)c4)C4=C3C(=O)CCC4)c2C)cc1. The summed E-state index contributed by atoms with van der Waals surface area (Å²) in [5.41, 5.74) is 10.4. The summed E-state index contributed by atoms with van der Waals surface area (Å²) in [5, 5.41) is 10.4. The highest BCUT2D eigenvalue weighted by atomic mass is 19.4. The van der Waals surface area contributed by atoms with Crippen molar-refractivity contribution in [2.24, 2.45) is 5.73 Å². The molecule has 0 fully saturated rings. The van der Waals surface area contributed by atoms with Crippen molar-refractivity contribution in [2.45, 2.75) is 51.8 Å². The van der Waals surface area contributed by atoms with Crippen molar-refractivity contribution in [3.63, 3.8) is 0 Å². The van der Waals surface area contributed by atoms with Gasteiger partial charge >= 0.3 is 6.18 Å². The van der Waals surface area contributed by atoms with E-state index >= 15 is 0 Å². The van der Waals surface area contributed by atoms with Crippen LogP contribution in [0.2, 0.25) is 0 Å². The minimum atomic E-state index is -4.56. The van der Waals surface area contributed by atoms with Crippen LogP contribution < -0.4 is 20.1 Å². The van der Waals surface area contributed by atoms with Gasteiger partial charge in [-0.25, -0.2) is 0 Å². The van der Waals surface area contributed by atoms with Gasteiger partial charge < -0.3 is 15.2 Å². The number of allylic oxidation sites excluding steroid dienone is 3. The van der Waals surface area contributed by atoms with Crippen LogP contribution in [-0.4, -0.2) is 12.9 Å². The minimum Gasteiger partial charge on any atom is -0.497 e. The molecule has 216 valence electrons. The van der Waals surface area contributed by atoms with Crippen molar-refractivity contribution >= 4 is 11.5 Å². The average Bonchev–Trinajstić information content (AvgIpc) is 2.97. The van der Waals surface area contributed by atoms with E-state index in [4.69, 9.17) is 15.2 Å². The van der Waals surface area contributed by atoms with Gasteiger partial charge in [0.25, 0.3) is 0 Å². The van der Waals surface area contributed by atoms with Crippen LogP contribution in [0.1, 0.15) is 53.0 Å². The first-order valence-corrected chi connectivity index (χ1v) is 13.5. The number of nitriles is 1. The zero-order chi connectivity index (χ0) is 30.2. The summed E-state index contributed by atoms with van der Waals surface area (Å²) in [7, 11) is 1.59. The summed E-state index contributed by atoms with van der Waals surface area (Å²) in [6, 6.07) is 18.1. The van der Waals surface area contributed by atoms with Gasteiger partial charge in [-0.05, 0) is 85.8 Å². The van der Waals surface area contributed by atoms with E-state index in [0.717, 1.165) is 34.4 Å². The molecule has 1 atom stereocenters. The molecule has 0 amide bonds. The number of anilines is 1. The van der Waals surface area contributed by atoms with Crippen molar-refractivity contribution in [2.75, 3.05) is 12.0 Å². The largest absolute Gasteiger partial charge is 0.497 e. The molecule has 0 spiro atoms. The van der Waals surface area contributed by atoms with E-state index in [-0.39, 0.29) is 35.9 Å². The Balaban J connectivity index is 1.61. The number of halogens is 3. The summed E-state index contributed by atoms with van der Waals surface area (Å²) in [6.45, 7) is 4.09. The molecule has 42 heavy (non-hydrogen) atoms. The maximum atomic E-state index is 13.6. The molecule has 0 aromatic heterocycles. The standard InChI is InChI=1S/C33H30F3N3O3/c1-19-14-21(18-42-25-12-10-24(41-3)11-13-25)20(2)26(15-19)30-27(17-37)32(38)39(28-8-5-9-29(40)31(28)30)23-7-4-6-22(16-23)33(34,35)36/h4,6-7,10-16,30H,5,8-9,18,38H2,1-3H3.